The number of hydrogen-bond donors (Lipinski definition) is 1. The molecule has 2 aliphatic rings. The molecular formula is C10H17NO2. The maximum absolute atomic E-state index is 11.6. The number of ether oxygens (including phenoxy) is 1. The summed E-state index contributed by atoms with van der Waals surface area (Å²) >= 11 is 0. The van der Waals surface area contributed by atoms with Gasteiger partial charge in [-0.05, 0) is 32.1 Å². The fourth-order valence-corrected chi connectivity index (χ4v) is 1.77. The molecule has 1 amide bonds. The molecule has 1 aliphatic carbocycles. The van der Waals surface area contributed by atoms with Crippen LogP contribution >= 0.6 is 0 Å². The van der Waals surface area contributed by atoms with Gasteiger partial charge in [0, 0.05) is 13.2 Å². The van der Waals surface area contributed by atoms with Gasteiger partial charge in [-0.2, -0.15) is 0 Å². The highest BCUT2D eigenvalue weighted by molar-refractivity contribution is 5.79. The molecule has 2 fully saturated rings. The van der Waals surface area contributed by atoms with Gasteiger partial charge in [-0.25, -0.2) is 0 Å². The van der Waals surface area contributed by atoms with Gasteiger partial charge in [-0.3, -0.25) is 4.79 Å². The first kappa shape index (κ1) is 9.00. The molecule has 2 rings (SSSR count). The van der Waals surface area contributed by atoms with Gasteiger partial charge in [0.1, 0.15) is 0 Å². The number of hydrogen-bond acceptors (Lipinski definition) is 2. The molecule has 1 N–H and O–H groups in total. The monoisotopic (exact) mass is 183 g/mol. The van der Waals surface area contributed by atoms with Gasteiger partial charge >= 0.3 is 0 Å². The Morgan fingerprint density at radius 3 is 2.77 bits per heavy atom. The third-order valence-electron chi connectivity index (χ3n) is 2.97. The number of nitrogens with one attached hydrogen (secondary N) is 1. The van der Waals surface area contributed by atoms with Crippen molar-refractivity contribution >= 4 is 5.91 Å². The fourth-order valence-electron chi connectivity index (χ4n) is 1.77. The summed E-state index contributed by atoms with van der Waals surface area (Å²) in [7, 11) is 0. The Hall–Kier alpha value is -0.570. The molecule has 0 aromatic heterocycles. The molecule has 1 aliphatic heterocycles. The standard InChI is InChI=1S/C10H17NO2/c1-7-9(4-5-13-7)10(12)11-6-8-2-3-8/h7-9H,2-6H2,1H3,(H,11,12). The van der Waals surface area contributed by atoms with Crippen LogP contribution in [0.3, 0.4) is 0 Å². The minimum atomic E-state index is 0.0961. The number of carbonyl (C=O) groups is 1. The van der Waals surface area contributed by atoms with Crippen LogP contribution in [-0.2, 0) is 9.53 Å². The zero-order chi connectivity index (χ0) is 9.26. The van der Waals surface area contributed by atoms with E-state index in [0.717, 1.165) is 25.5 Å². The minimum absolute atomic E-state index is 0.0961. The second-order valence-corrected chi connectivity index (χ2v) is 4.16. The van der Waals surface area contributed by atoms with E-state index in [4.69, 9.17) is 4.74 Å². The van der Waals surface area contributed by atoms with E-state index >= 15 is 0 Å². The quantitative estimate of drug-likeness (QED) is 0.707. The summed E-state index contributed by atoms with van der Waals surface area (Å²) in [6.07, 6.45) is 3.57. The van der Waals surface area contributed by atoms with E-state index in [1.807, 2.05) is 6.92 Å². The van der Waals surface area contributed by atoms with E-state index in [1.54, 1.807) is 0 Å². The van der Waals surface area contributed by atoms with Crippen molar-refractivity contribution in [2.24, 2.45) is 11.8 Å². The van der Waals surface area contributed by atoms with Crippen LogP contribution in [0.25, 0.3) is 0 Å². The molecule has 3 heteroatoms. The van der Waals surface area contributed by atoms with Gasteiger partial charge in [-0.15, -0.1) is 0 Å². The van der Waals surface area contributed by atoms with Gasteiger partial charge in [0.05, 0.1) is 12.0 Å². The molecule has 3 nitrogen and oxygen atoms in total. The summed E-state index contributed by atoms with van der Waals surface area (Å²) in [6.45, 7) is 3.60. The maximum atomic E-state index is 11.6. The van der Waals surface area contributed by atoms with E-state index < -0.39 is 0 Å². The van der Waals surface area contributed by atoms with E-state index in [9.17, 15) is 4.79 Å². The first-order valence-corrected chi connectivity index (χ1v) is 5.16. The van der Waals surface area contributed by atoms with Gasteiger partial charge in [0.15, 0.2) is 0 Å². The van der Waals surface area contributed by atoms with Crippen molar-refractivity contribution in [1.82, 2.24) is 5.32 Å². The molecule has 1 saturated heterocycles. The van der Waals surface area contributed by atoms with Gasteiger partial charge < -0.3 is 10.1 Å². The average molecular weight is 183 g/mol. The molecule has 2 unspecified atom stereocenters. The second-order valence-electron chi connectivity index (χ2n) is 4.16. The van der Waals surface area contributed by atoms with Crippen LogP contribution in [0, 0.1) is 11.8 Å². The molecule has 0 bridgehead atoms. The van der Waals surface area contributed by atoms with Gasteiger partial charge in [0.2, 0.25) is 5.91 Å². The summed E-state index contributed by atoms with van der Waals surface area (Å²) in [6, 6.07) is 0. The Morgan fingerprint density at radius 1 is 1.46 bits per heavy atom. The van der Waals surface area contributed by atoms with Crippen molar-refractivity contribution in [3.05, 3.63) is 0 Å². The summed E-state index contributed by atoms with van der Waals surface area (Å²) in [4.78, 5) is 11.6. The highest BCUT2D eigenvalue weighted by Gasteiger charge is 2.31. The SMILES string of the molecule is CC1OCCC1C(=O)NCC1CC1. The van der Waals surface area contributed by atoms with Crippen molar-refractivity contribution in [2.75, 3.05) is 13.2 Å². The lowest BCUT2D eigenvalue weighted by molar-refractivity contribution is -0.126. The number of rotatable bonds is 3. The summed E-state index contributed by atoms with van der Waals surface area (Å²) in [5.74, 6) is 1.05. The highest BCUT2D eigenvalue weighted by Crippen LogP contribution is 2.28. The topological polar surface area (TPSA) is 38.3 Å². The maximum Gasteiger partial charge on any atom is 0.225 e. The lowest BCUT2D eigenvalue weighted by Gasteiger charge is -2.13. The summed E-state index contributed by atoms with van der Waals surface area (Å²) < 4.78 is 5.35. The second kappa shape index (κ2) is 3.66. The predicted molar refractivity (Wildman–Crippen MR) is 49.3 cm³/mol. The van der Waals surface area contributed by atoms with Crippen molar-refractivity contribution in [3.8, 4) is 0 Å². The third kappa shape index (κ3) is 2.21. The van der Waals surface area contributed by atoms with Crippen molar-refractivity contribution in [3.63, 3.8) is 0 Å². The minimum Gasteiger partial charge on any atom is -0.378 e. The predicted octanol–water partition coefficient (Wildman–Crippen LogP) is 0.938. The summed E-state index contributed by atoms with van der Waals surface area (Å²) in [5.41, 5.74) is 0. The van der Waals surface area contributed by atoms with Gasteiger partial charge in [-0.1, -0.05) is 0 Å². The molecule has 2 atom stereocenters. The Balaban J connectivity index is 1.74. The molecule has 1 heterocycles. The molecule has 13 heavy (non-hydrogen) atoms. The lowest BCUT2D eigenvalue weighted by atomic mass is 10.0. The highest BCUT2D eigenvalue weighted by atomic mass is 16.5. The third-order valence-corrected chi connectivity index (χ3v) is 2.97. The fraction of sp³-hybridized carbons (Fsp3) is 0.900. The zero-order valence-corrected chi connectivity index (χ0v) is 8.08. The summed E-state index contributed by atoms with van der Waals surface area (Å²) in [5, 5.41) is 3.00. The van der Waals surface area contributed by atoms with Crippen LogP contribution in [0.15, 0.2) is 0 Å². The lowest BCUT2D eigenvalue weighted by Crippen LogP contribution is -2.35. The largest absolute Gasteiger partial charge is 0.378 e. The normalized spacial score (nSPS) is 33.3. The first-order chi connectivity index (χ1) is 6.27. The number of amides is 1. The van der Waals surface area contributed by atoms with Crippen LogP contribution < -0.4 is 5.32 Å². The average Bonchev–Trinajstić information content (AvgIpc) is 2.84. The van der Waals surface area contributed by atoms with Gasteiger partial charge in [0.25, 0.3) is 0 Å². The first-order valence-electron chi connectivity index (χ1n) is 5.16. The molecular weight excluding hydrogens is 166 g/mol. The Bertz CT molecular complexity index is 201. The van der Waals surface area contributed by atoms with Crippen LogP contribution in [0.4, 0.5) is 0 Å². The molecule has 1 saturated carbocycles. The molecule has 0 spiro atoms. The van der Waals surface area contributed by atoms with E-state index in [-0.39, 0.29) is 17.9 Å². The van der Waals surface area contributed by atoms with E-state index in [2.05, 4.69) is 5.32 Å². The Labute approximate surface area is 78.8 Å². The van der Waals surface area contributed by atoms with Crippen LogP contribution in [0.2, 0.25) is 0 Å². The van der Waals surface area contributed by atoms with Crippen molar-refractivity contribution in [2.45, 2.75) is 32.3 Å². The smallest absolute Gasteiger partial charge is 0.225 e. The molecule has 0 aromatic carbocycles. The number of carbonyl (C=O) groups excluding carboxylic acids is 1. The van der Waals surface area contributed by atoms with Crippen molar-refractivity contribution in [1.29, 1.82) is 0 Å². The van der Waals surface area contributed by atoms with Crippen LogP contribution in [0.5, 0.6) is 0 Å². The van der Waals surface area contributed by atoms with Crippen LogP contribution in [-0.4, -0.2) is 25.2 Å². The Morgan fingerprint density at radius 2 is 2.23 bits per heavy atom. The van der Waals surface area contributed by atoms with E-state index in [0.29, 0.717) is 0 Å². The van der Waals surface area contributed by atoms with E-state index in [1.165, 1.54) is 12.8 Å². The van der Waals surface area contributed by atoms with Crippen molar-refractivity contribution < 1.29 is 9.53 Å². The molecule has 0 aromatic rings. The molecule has 74 valence electrons. The van der Waals surface area contributed by atoms with Crippen LogP contribution in [0.1, 0.15) is 26.2 Å². The zero-order valence-electron chi connectivity index (χ0n) is 8.08. The Kier molecular flexibility index (Phi) is 2.54. The molecule has 0 radical (unpaired) electrons.